The van der Waals surface area contributed by atoms with Crippen LogP contribution in [0.15, 0.2) is 29.4 Å². The molecule has 78 valence electrons. The van der Waals surface area contributed by atoms with Crippen molar-refractivity contribution in [3.63, 3.8) is 0 Å². The van der Waals surface area contributed by atoms with Crippen molar-refractivity contribution in [1.82, 2.24) is 9.21 Å². The quantitative estimate of drug-likeness (QED) is 0.430. The summed E-state index contributed by atoms with van der Waals surface area (Å²) in [5.41, 5.74) is 1.13. The Kier molecular flexibility index (Phi) is 4.76. The molecule has 14 heavy (non-hydrogen) atoms. The van der Waals surface area contributed by atoms with Crippen LogP contribution in [0.1, 0.15) is 0 Å². The van der Waals surface area contributed by atoms with Crippen LogP contribution in [0, 0.1) is 0 Å². The Bertz CT molecular complexity index is 240. The zero-order valence-electron chi connectivity index (χ0n) is 8.56. The van der Waals surface area contributed by atoms with Crippen LogP contribution < -0.4 is 0 Å². The zero-order chi connectivity index (χ0) is 10.4. The second kappa shape index (κ2) is 5.88. The molecule has 0 atom stereocenters. The lowest BCUT2D eigenvalue weighted by atomic mass is 10.3. The van der Waals surface area contributed by atoms with Crippen molar-refractivity contribution in [3.8, 4) is 0 Å². The maximum absolute atomic E-state index is 4.31. The van der Waals surface area contributed by atoms with Crippen molar-refractivity contribution >= 4 is 19.0 Å². The van der Waals surface area contributed by atoms with Gasteiger partial charge in [0.2, 0.25) is 0 Å². The Hall–Kier alpha value is -0.740. The summed E-state index contributed by atoms with van der Waals surface area (Å²) in [4.78, 5) is 6.33. The summed E-state index contributed by atoms with van der Waals surface area (Å²) >= 11 is 4.31. The molecular formula is C10H17N3S. The van der Waals surface area contributed by atoms with E-state index in [2.05, 4.69) is 29.3 Å². The maximum atomic E-state index is 4.31. The monoisotopic (exact) mass is 211 g/mol. The van der Waals surface area contributed by atoms with E-state index in [1.807, 2.05) is 16.6 Å². The highest BCUT2D eigenvalue weighted by molar-refractivity contribution is 7.77. The van der Waals surface area contributed by atoms with Crippen LogP contribution in [0.25, 0.3) is 0 Å². The van der Waals surface area contributed by atoms with Gasteiger partial charge in [0, 0.05) is 39.4 Å². The van der Waals surface area contributed by atoms with Crippen molar-refractivity contribution in [1.29, 1.82) is 0 Å². The third-order valence-corrected chi connectivity index (χ3v) is 2.57. The first kappa shape index (κ1) is 11.3. The molecule has 1 heterocycles. The molecule has 1 rings (SSSR count). The van der Waals surface area contributed by atoms with Crippen molar-refractivity contribution in [3.05, 3.63) is 24.4 Å². The van der Waals surface area contributed by atoms with Crippen LogP contribution in [0.3, 0.4) is 0 Å². The molecule has 4 heteroatoms. The van der Waals surface area contributed by atoms with E-state index >= 15 is 0 Å². The average molecular weight is 211 g/mol. The molecular weight excluding hydrogens is 194 g/mol. The van der Waals surface area contributed by atoms with Gasteiger partial charge in [-0.25, -0.2) is 4.31 Å². The Morgan fingerprint density at radius 3 is 2.50 bits per heavy atom. The van der Waals surface area contributed by atoms with Gasteiger partial charge in [0.1, 0.15) is 0 Å². The smallest absolute Gasteiger partial charge is 0.0548 e. The summed E-state index contributed by atoms with van der Waals surface area (Å²) in [5, 5.41) is 0. The van der Waals surface area contributed by atoms with Gasteiger partial charge in [-0.3, -0.25) is 4.99 Å². The molecule has 0 unspecified atom stereocenters. The molecule has 0 aliphatic carbocycles. The number of aliphatic imine (C=N–C) groups is 1. The molecule has 0 aromatic rings. The topological polar surface area (TPSA) is 18.8 Å². The molecule has 0 aromatic heterocycles. The van der Waals surface area contributed by atoms with E-state index in [4.69, 9.17) is 0 Å². The highest BCUT2D eigenvalue weighted by atomic mass is 32.1. The van der Waals surface area contributed by atoms with Gasteiger partial charge in [-0.15, -0.1) is 0 Å². The second-order valence-electron chi connectivity index (χ2n) is 3.16. The van der Waals surface area contributed by atoms with Gasteiger partial charge >= 0.3 is 0 Å². The molecule has 0 saturated carbocycles. The predicted octanol–water partition coefficient (Wildman–Crippen LogP) is 1.22. The van der Waals surface area contributed by atoms with E-state index in [0.717, 1.165) is 31.9 Å². The predicted molar refractivity (Wildman–Crippen MR) is 64.8 cm³/mol. The Morgan fingerprint density at radius 2 is 2.00 bits per heavy atom. The minimum Gasteiger partial charge on any atom is -0.368 e. The Morgan fingerprint density at radius 1 is 1.36 bits per heavy atom. The largest absolute Gasteiger partial charge is 0.368 e. The summed E-state index contributed by atoms with van der Waals surface area (Å²) in [6, 6.07) is 0. The highest BCUT2D eigenvalue weighted by Gasteiger charge is 2.14. The standard InChI is InChI=1S/C10H17N3S/c1-3-4-10(9-11-2)12-5-7-13(14)8-6-12/h3-4,9,14H,1,5-8H2,2H3/b10-4+,11-9?. The number of allylic oxidation sites excluding steroid dienone is 3. The molecule has 1 saturated heterocycles. The van der Waals surface area contributed by atoms with E-state index in [9.17, 15) is 0 Å². The van der Waals surface area contributed by atoms with Crippen molar-refractivity contribution < 1.29 is 0 Å². The molecule has 0 N–H and O–H groups in total. The van der Waals surface area contributed by atoms with Gasteiger partial charge < -0.3 is 4.90 Å². The molecule has 0 radical (unpaired) electrons. The summed E-state index contributed by atoms with van der Waals surface area (Å²) in [7, 11) is 1.78. The fourth-order valence-electron chi connectivity index (χ4n) is 1.44. The van der Waals surface area contributed by atoms with Crippen LogP contribution in [0.5, 0.6) is 0 Å². The summed E-state index contributed by atoms with van der Waals surface area (Å²) < 4.78 is 2.03. The third kappa shape index (κ3) is 3.20. The first-order valence-electron chi connectivity index (χ1n) is 4.71. The molecule has 1 aliphatic heterocycles. The molecule has 0 aromatic carbocycles. The van der Waals surface area contributed by atoms with E-state index < -0.39 is 0 Å². The van der Waals surface area contributed by atoms with Gasteiger partial charge in [0.25, 0.3) is 0 Å². The minimum atomic E-state index is 0.981. The van der Waals surface area contributed by atoms with Crippen LogP contribution >= 0.6 is 12.8 Å². The van der Waals surface area contributed by atoms with Gasteiger partial charge in [-0.05, 0) is 6.08 Å². The molecule has 0 spiro atoms. The fraction of sp³-hybridized carbons (Fsp3) is 0.500. The second-order valence-corrected chi connectivity index (χ2v) is 3.72. The van der Waals surface area contributed by atoms with Crippen LogP contribution in [-0.2, 0) is 0 Å². The maximum Gasteiger partial charge on any atom is 0.0548 e. The average Bonchev–Trinajstić information content (AvgIpc) is 2.19. The third-order valence-electron chi connectivity index (χ3n) is 2.17. The minimum absolute atomic E-state index is 0.981. The van der Waals surface area contributed by atoms with Gasteiger partial charge in [0.15, 0.2) is 0 Å². The molecule has 3 nitrogen and oxygen atoms in total. The fourth-order valence-corrected chi connectivity index (χ4v) is 1.62. The number of hydrogen-bond donors (Lipinski definition) is 1. The summed E-state index contributed by atoms with van der Waals surface area (Å²) in [6.07, 6.45) is 5.65. The van der Waals surface area contributed by atoms with Gasteiger partial charge in [0.05, 0.1) is 5.70 Å². The van der Waals surface area contributed by atoms with Gasteiger partial charge in [-0.1, -0.05) is 25.5 Å². The number of rotatable bonds is 3. The number of nitrogens with zero attached hydrogens (tertiary/aromatic N) is 3. The summed E-state index contributed by atoms with van der Waals surface area (Å²) in [6.45, 7) is 7.66. The lowest BCUT2D eigenvalue weighted by Gasteiger charge is -2.33. The number of piperazine rings is 1. The number of hydrogen-bond acceptors (Lipinski definition) is 4. The SMILES string of the molecule is C=C/C=C(\C=NC)N1CCN(S)CC1. The summed E-state index contributed by atoms with van der Waals surface area (Å²) in [5.74, 6) is 0. The van der Waals surface area contributed by atoms with Crippen LogP contribution in [0.2, 0.25) is 0 Å². The van der Waals surface area contributed by atoms with E-state index in [1.54, 1.807) is 13.1 Å². The Balaban J connectivity index is 2.61. The molecule has 1 aliphatic rings. The lowest BCUT2D eigenvalue weighted by molar-refractivity contribution is 0.252. The van der Waals surface area contributed by atoms with Crippen molar-refractivity contribution in [2.45, 2.75) is 0 Å². The number of thiol groups is 1. The van der Waals surface area contributed by atoms with Gasteiger partial charge in [-0.2, -0.15) is 0 Å². The first-order valence-corrected chi connectivity index (χ1v) is 5.11. The molecule has 1 fully saturated rings. The Labute approximate surface area is 91.3 Å². The van der Waals surface area contributed by atoms with Crippen LogP contribution in [0.4, 0.5) is 0 Å². The van der Waals surface area contributed by atoms with Crippen LogP contribution in [-0.4, -0.2) is 48.6 Å². The zero-order valence-corrected chi connectivity index (χ0v) is 9.45. The van der Waals surface area contributed by atoms with E-state index in [-0.39, 0.29) is 0 Å². The lowest BCUT2D eigenvalue weighted by Crippen LogP contribution is -2.42. The molecule has 0 amide bonds. The normalized spacial score (nSPS) is 20.4. The first-order chi connectivity index (χ1) is 6.77. The van der Waals surface area contributed by atoms with E-state index in [1.165, 1.54) is 0 Å². The van der Waals surface area contributed by atoms with Crippen molar-refractivity contribution in [2.24, 2.45) is 4.99 Å². The highest BCUT2D eigenvalue weighted by Crippen LogP contribution is 2.09. The van der Waals surface area contributed by atoms with E-state index in [0.29, 0.717) is 0 Å². The van der Waals surface area contributed by atoms with Crippen molar-refractivity contribution in [2.75, 3.05) is 33.2 Å². The molecule has 0 bridgehead atoms.